The summed E-state index contributed by atoms with van der Waals surface area (Å²) >= 11 is 0. The average Bonchev–Trinajstić information content (AvgIpc) is 2.64. The first-order chi connectivity index (χ1) is 13.4. The van der Waals surface area contributed by atoms with Crippen LogP contribution in [0.2, 0.25) is 0 Å². The second kappa shape index (κ2) is 7.54. The molecule has 0 unspecified atom stereocenters. The number of urea groups is 1. The number of imide groups is 1. The third kappa shape index (κ3) is 4.04. The molecule has 1 atom stereocenters. The smallest absolute Gasteiger partial charge is 0.340 e. The fourth-order valence-corrected chi connectivity index (χ4v) is 5.69. The Morgan fingerprint density at radius 3 is 2.18 bits per heavy atom. The lowest BCUT2D eigenvalue weighted by Crippen LogP contribution is -2.62. The van der Waals surface area contributed by atoms with Crippen LogP contribution in [0.25, 0.3) is 0 Å². The van der Waals surface area contributed by atoms with Gasteiger partial charge in [0, 0.05) is 5.54 Å². The molecule has 4 bridgehead atoms. The molecular weight excluding hydrogens is 360 g/mol. The van der Waals surface area contributed by atoms with E-state index in [4.69, 9.17) is 4.74 Å². The summed E-state index contributed by atoms with van der Waals surface area (Å²) in [4.78, 5) is 36.2. The van der Waals surface area contributed by atoms with Gasteiger partial charge in [0.2, 0.25) is 0 Å². The monoisotopic (exact) mass is 386 g/mol. The molecule has 4 aliphatic carbocycles. The van der Waals surface area contributed by atoms with E-state index < -0.39 is 30.6 Å². The Labute approximate surface area is 163 Å². The average molecular weight is 386 g/mol. The van der Waals surface area contributed by atoms with Crippen molar-refractivity contribution < 1.29 is 24.2 Å². The largest absolute Gasteiger partial charge is 0.453 e. The van der Waals surface area contributed by atoms with Crippen LogP contribution in [0.4, 0.5) is 4.79 Å². The van der Waals surface area contributed by atoms with Crippen molar-refractivity contribution in [2.75, 3.05) is 6.61 Å². The molecule has 5 rings (SSSR count). The Morgan fingerprint density at radius 1 is 1.04 bits per heavy atom. The molecule has 4 saturated carbocycles. The molecule has 3 amide bonds. The normalized spacial score (nSPS) is 31.1. The Hall–Kier alpha value is -2.41. The second-order valence-corrected chi connectivity index (χ2v) is 8.62. The number of rotatable bonds is 5. The quantitative estimate of drug-likeness (QED) is 0.672. The highest BCUT2D eigenvalue weighted by Crippen LogP contribution is 2.55. The zero-order valence-electron chi connectivity index (χ0n) is 15.7. The molecule has 1 aromatic carbocycles. The summed E-state index contributed by atoms with van der Waals surface area (Å²) in [5.41, 5.74) is 0.187. The van der Waals surface area contributed by atoms with Crippen LogP contribution < -0.4 is 10.6 Å². The number of amides is 3. The van der Waals surface area contributed by atoms with E-state index in [1.165, 1.54) is 19.3 Å². The molecule has 1 aromatic rings. The first kappa shape index (κ1) is 18.9. The molecule has 4 aliphatic rings. The van der Waals surface area contributed by atoms with Crippen molar-refractivity contribution in [1.82, 2.24) is 10.6 Å². The maximum Gasteiger partial charge on any atom is 0.340 e. The standard InChI is InChI=1S/C21H26N2O5/c24-17(12-28-19(26)18(25)16-4-2-1-3-5-16)22-20(27)23-21-9-13-6-14(10-21)8-15(7-13)11-21/h1-5,13-15,18,25H,6-12H2,(H2,22,23,24,27)/t13?,14?,15?,18-,21?/m0/s1. The Kier molecular flexibility index (Phi) is 5.10. The number of aliphatic hydroxyl groups is 1. The van der Waals surface area contributed by atoms with E-state index in [1.54, 1.807) is 30.3 Å². The van der Waals surface area contributed by atoms with E-state index in [1.807, 2.05) is 0 Å². The second-order valence-electron chi connectivity index (χ2n) is 8.62. The number of aliphatic hydroxyl groups excluding tert-OH is 1. The van der Waals surface area contributed by atoms with Gasteiger partial charge in [0.1, 0.15) is 0 Å². The molecular formula is C21H26N2O5. The third-order valence-corrected chi connectivity index (χ3v) is 6.35. The van der Waals surface area contributed by atoms with Gasteiger partial charge in [-0.1, -0.05) is 30.3 Å². The molecule has 0 spiro atoms. The number of carbonyl (C=O) groups is 3. The van der Waals surface area contributed by atoms with E-state index in [2.05, 4.69) is 10.6 Å². The van der Waals surface area contributed by atoms with Crippen molar-refractivity contribution in [3.8, 4) is 0 Å². The van der Waals surface area contributed by atoms with Crippen molar-refractivity contribution in [1.29, 1.82) is 0 Å². The van der Waals surface area contributed by atoms with E-state index in [-0.39, 0.29) is 5.54 Å². The summed E-state index contributed by atoms with van der Waals surface area (Å²) in [5, 5.41) is 15.2. The minimum atomic E-state index is -1.46. The lowest BCUT2D eigenvalue weighted by Gasteiger charge is -2.56. The summed E-state index contributed by atoms with van der Waals surface area (Å²) in [6, 6.07) is 7.78. The van der Waals surface area contributed by atoms with Gasteiger partial charge < -0.3 is 15.2 Å². The molecule has 0 saturated heterocycles. The third-order valence-electron chi connectivity index (χ3n) is 6.35. The van der Waals surface area contributed by atoms with Crippen LogP contribution in [-0.2, 0) is 14.3 Å². The maximum absolute atomic E-state index is 12.3. The van der Waals surface area contributed by atoms with Gasteiger partial charge in [0.15, 0.2) is 12.7 Å². The van der Waals surface area contributed by atoms with Crippen LogP contribution in [0.1, 0.15) is 50.2 Å². The maximum atomic E-state index is 12.3. The molecule has 7 nitrogen and oxygen atoms in total. The van der Waals surface area contributed by atoms with Crippen LogP contribution in [0.5, 0.6) is 0 Å². The molecule has 28 heavy (non-hydrogen) atoms. The molecule has 3 N–H and O–H groups in total. The first-order valence-electron chi connectivity index (χ1n) is 9.94. The predicted octanol–water partition coefficient (Wildman–Crippen LogP) is 2.06. The van der Waals surface area contributed by atoms with Crippen molar-refractivity contribution in [3.05, 3.63) is 35.9 Å². The number of ether oxygens (including phenoxy) is 1. The summed E-state index contributed by atoms with van der Waals surface area (Å²) in [5.74, 6) is 0.409. The van der Waals surface area contributed by atoms with Gasteiger partial charge in [0.05, 0.1) is 0 Å². The summed E-state index contributed by atoms with van der Waals surface area (Å²) in [7, 11) is 0. The van der Waals surface area contributed by atoms with Gasteiger partial charge in [-0.05, 0) is 61.8 Å². The first-order valence-corrected chi connectivity index (χ1v) is 9.94. The van der Waals surface area contributed by atoms with E-state index in [0.29, 0.717) is 23.3 Å². The minimum absolute atomic E-state index is 0.195. The summed E-state index contributed by atoms with van der Waals surface area (Å²) in [6.07, 6.45) is 5.29. The topological polar surface area (TPSA) is 105 Å². The summed E-state index contributed by atoms with van der Waals surface area (Å²) < 4.78 is 4.83. The zero-order chi connectivity index (χ0) is 19.7. The van der Waals surface area contributed by atoms with Gasteiger partial charge in [-0.25, -0.2) is 9.59 Å². The number of carbonyl (C=O) groups excluding carboxylic acids is 3. The Bertz CT molecular complexity index is 728. The zero-order valence-corrected chi connectivity index (χ0v) is 15.7. The van der Waals surface area contributed by atoms with E-state index in [9.17, 15) is 19.5 Å². The fraction of sp³-hybridized carbons (Fsp3) is 0.571. The predicted molar refractivity (Wildman–Crippen MR) is 99.9 cm³/mol. The van der Waals surface area contributed by atoms with Crippen LogP contribution in [0.15, 0.2) is 30.3 Å². The molecule has 0 aromatic heterocycles. The Morgan fingerprint density at radius 2 is 1.61 bits per heavy atom. The minimum Gasteiger partial charge on any atom is -0.453 e. The van der Waals surface area contributed by atoms with Gasteiger partial charge in [0.25, 0.3) is 5.91 Å². The van der Waals surface area contributed by atoms with E-state index in [0.717, 1.165) is 19.3 Å². The van der Waals surface area contributed by atoms with Crippen molar-refractivity contribution in [2.24, 2.45) is 17.8 Å². The van der Waals surface area contributed by atoms with Gasteiger partial charge in [-0.3, -0.25) is 10.1 Å². The fourth-order valence-electron chi connectivity index (χ4n) is 5.69. The highest BCUT2D eigenvalue weighted by Gasteiger charge is 2.51. The number of hydrogen-bond acceptors (Lipinski definition) is 5. The number of benzene rings is 1. The molecule has 150 valence electrons. The molecule has 4 fully saturated rings. The molecule has 0 heterocycles. The van der Waals surface area contributed by atoms with Gasteiger partial charge in [-0.2, -0.15) is 0 Å². The lowest BCUT2D eigenvalue weighted by atomic mass is 9.53. The highest BCUT2D eigenvalue weighted by molar-refractivity contribution is 5.96. The van der Waals surface area contributed by atoms with Gasteiger partial charge in [-0.15, -0.1) is 0 Å². The highest BCUT2D eigenvalue weighted by atomic mass is 16.5. The van der Waals surface area contributed by atoms with Crippen molar-refractivity contribution in [2.45, 2.75) is 50.2 Å². The van der Waals surface area contributed by atoms with Crippen molar-refractivity contribution in [3.63, 3.8) is 0 Å². The lowest BCUT2D eigenvalue weighted by molar-refractivity contribution is -0.157. The Balaban J connectivity index is 1.24. The van der Waals surface area contributed by atoms with E-state index >= 15 is 0 Å². The molecule has 0 radical (unpaired) electrons. The van der Waals surface area contributed by atoms with Crippen molar-refractivity contribution >= 4 is 17.9 Å². The van der Waals surface area contributed by atoms with Crippen LogP contribution in [-0.4, -0.2) is 35.2 Å². The van der Waals surface area contributed by atoms with Gasteiger partial charge >= 0.3 is 12.0 Å². The summed E-state index contributed by atoms with van der Waals surface area (Å²) in [6.45, 7) is -0.614. The van der Waals surface area contributed by atoms with Crippen LogP contribution in [0.3, 0.4) is 0 Å². The molecule has 7 heteroatoms. The number of nitrogens with one attached hydrogen (secondary N) is 2. The SMILES string of the molecule is O=C(COC(=O)[C@@H](O)c1ccccc1)NC(=O)NC12CC3CC(CC(C3)C1)C2. The van der Waals surface area contributed by atoms with Crippen LogP contribution >= 0.6 is 0 Å². The number of esters is 1. The number of hydrogen-bond donors (Lipinski definition) is 3. The molecule has 0 aliphatic heterocycles. The van der Waals surface area contributed by atoms with Crippen LogP contribution in [0, 0.1) is 17.8 Å².